The molecule has 0 aliphatic heterocycles. The lowest BCUT2D eigenvalue weighted by Gasteiger charge is -2.10. The highest BCUT2D eigenvalue weighted by Gasteiger charge is 2.33. The summed E-state index contributed by atoms with van der Waals surface area (Å²) >= 11 is 2.77. The maximum atomic E-state index is 12.4. The zero-order valence-electron chi connectivity index (χ0n) is 7.44. The molecule has 0 fully saturated rings. The number of carbonyl (C=O) groups excluding carboxylic acids is 1. The summed E-state index contributed by atoms with van der Waals surface area (Å²) in [7, 11) is 0. The summed E-state index contributed by atoms with van der Waals surface area (Å²) in [5.41, 5.74) is 4.15. The fraction of sp³-hybridized carbons (Fsp3) is 0.222. The molecule has 0 aliphatic rings. The van der Waals surface area contributed by atoms with Gasteiger partial charge in [0.15, 0.2) is 5.78 Å². The molecule has 1 rings (SSSR count). The highest BCUT2D eigenvalue weighted by Crippen LogP contribution is 2.35. The second-order valence-corrected chi connectivity index (χ2v) is 3.67. The summed E-state index contributed by atoms with van der Waals surface area (Å²) in [6.45, 7) is -0.307. The topological polar surface area (TPSA) is 43.1 Å². The normalized spacial score (nSPS) is 11.5. The largest absolute Gasteiger partial charge is 0.417 e. The molecule has 82 valence electrons. The molecule has 2 N–H and O–H groups in total. The molecule has 15 heavy (non-hydrogen) atoms. The van der Waals surface area contributed by atoms with Gasteiger partial charge in [-0.05, 0) is 12.1 Å². The molecule has 0 atom stereocenters. The maximum Gasteiger partial charge on any atom is 0.417 e. The average Bonchev–Trinajstić information content (AvgIpc) is 2.15. The van der Waals surface area contributed by atoms with Crippen LogP contribution >= 0.6 is 15.9 Å². The van der Waals surface area contributed by atoms with Gasteiger partial charge in [0.25, 0.3) is 0 Å². The van der Waals surface area contributed by atoms with Crippen molar-refractivity contribution in [3.05, 3.63) is 33.8 Å². The van der Waals surface area contributed by atoms with Gasteiger partial charge >= 0.3 is 6.18 Å². The van der Waals surface area contributed by atoms with Gasteiger partial charge in [-0.25, -0.2) is 0 Å². The first-order valence-corrected chi connectivity index (χ1v) is 4.75. The molecule has 0 amide bonds. The standard InChI is InChI=1S/C9H7BrF3NO/c10-7-2-1-5(8(15)4-14)3-6(7)9(11,12)13/h1-3H,4,14H2. The quantitative estimate of drug-likeness (QED) is 0.847. The van der Waals surface area contributed by atoms with Crippen LogP contribution in [-0.4, -0.2) is 12.3 Å². The Hall–Kier alpha value is -0.880. The van der Waals surface area contributed by atoms with Crippen molar-refractivity contribution in [1.29, 1.82) is 0 Å². The van der Waals surface area contributed by atoms with E-state index < -0.39 is 17.5 Å². The Morgan fingerprint density at radius 1 is 1.40 bits per heavy atom. The Balaban J connectivity index is 3.23. The molecule has 0 radical (unpaired) electrons. The van der Waals surface area contributed by atoms with Crippen molar-refractivity contribution in [2.75, 3.05) is 6.54 Å². The van der Waals surface area contributed by atoms with Gasteiger partial charge in [-0.3, -0.25) is 4.79 Å². The third-order valence-electron chi connectivity index (χ3n) is 1.78. The number of ketones is 1. The van der Waals surface area contributed by atoms with E-state index in [0.29, 0.717) is 0 Å². The summed E-state index contributed by atoms with van der Waals surface area (Å²) in [5, 5.41) is 0. The Kier molecular flexibility index (Phi) is 3.51. The van der Waals surface area contributed by atoms with Crippen LogP contribution in [0.1, 0.15) is 15.9 Å². The Bertz CT molecular complexity index is 389. The van der Waals surface area contributed by atoms with E-state index in [9.17, 15) is 18.0 Å². The number of hydrogen-bond donors (Lipinski definition) is 1. The molecule has 0 bridgehead atoms. The fourth-order valence-electron chi connectivity index (χ4n) is 1.03. The molecule has 2 nitrogen and oxygen atoms in total. The van der Waals surface area contributed by atoms with Crippen molar-refractivity contribution in [3.8, 4) is 0 Å². The summed E-state index contributed by atoms with van der Waals surface area (Å²) < 4.78 is 37.2. The predicted molar refractivity (Wildman–Crippen MR) is 52.5 cm³/mol. The minimum absolute atomic E-state index is 0.0342. The third-order valence-corrected chi connectivity index (χ3v) is 2.47. The van der Waals surface area contributed by atoms with Crippen LogP contribution in [0.3, 0.4) is 0 Å². The van der Waals surface area contributed by atoms with Crippen molar-refractivity contribution >= 4 is 21.7 Å². The number of hydrogen-bond acceptors (Lipinski definition) is 2. The van der Waals surface area contributed by atoms with Gasteiger partial charge in [-0.1, -0.05) is 22.0 Å². The van der Waals surface area contributed by atoms with E-state index in [2.05, 4.69) is 15.9 Å². The first-order chi connectivity index (χ1) is 6.86. The SMILES string of the molecule is NCC(=O)c1ccc(Br)c(C(F)(F)F)c1. The van der Waals surface area contributed by atoms with Gasteiger partial charge < -0.3 is 5.73 Å². The number of rotatable bonds is 2. The fourth-order valence-corrected chi connectivity index (χ4v) is 1.51. The molecule has 1 aromatic carbocycles. The van der Waals surface area contributed by atoms with Crippen molar-refractivity contribution in [2.45, 2.75) is 6.18 Å². The number of halogens is 4. The molecule has 0 saturated heterocycles. The van der Waals surface area contributed by atoms with Crippen LogP contribution in [0.5, 0.6) is 0 Å². The van der Waals surface area contributed by atoms with Gasteiger partial charge in [0, 0.05) is 10.0 Å². The number of benzene rings is 1. The zero-order valence-corrected chi connectivity index (χ0v) is 9.02. The van der Waals surface area contributed by atoms with E-state index in [1.807, 2.05) is 0 Å². The van der Waals surface area contributed by atoms with Crippen LogP contribution in [-0.2, 0) is 6.18 Å². The predicted octanol–water partition coefficient (Wildman–Crippen LogP) is 2.61. The van der Waals surface area contributed by atoms with E-state index in [4.69, 9.17) is 5.73 Å². The second-order valence-electron chi connectivity index (χ2n) is 2.82. The Labute approximate surface area is 92.4 Å². The molecule has 1 aromatic rings. The van der Waals surface area contributed by atoms with Crippen LogP contribution < -0.4 is 5.73 Å². The minimum Gasteiger partial charge on any atom is -0.324 e. The van der Waals surface area contributed by atoms with Gasteiger partial charge in [0.1, 0.15) is 0 Å². The van der Waals surface area contributed by atoms with Crippen molar-refractivity contribution in [1.82, 2.24) is 0 Å². The monoisotopic (exact) mass is 281 g/mol. The van der Waals surface area contributed by atoms with E-state index in [1.54, 1.807) is 0 Å². The number of Topliss-reactive ketones (excluding diaryl/α,β-unsaturated/α-hetero) is 1. The van der Waals surface area contributed by atoms with Crippen LogP contribution in [0.15, 0.2) is 22.7 Å². The molecule has 0 spiro atoms. The minimum atomic E-state index is -4.48. The summed E-state index contributed by atoms with van der Waals surface area (Å²) in [5.74, 6) is -0.520. The van der Waals surface area contributed by atoms with Crippen LogP contribution in [0.4, 0.5) is 13.2 Å². The lowest BCUT2D eigenvalue weighted by atomic mass is 10.1. The first-order valence-electron chi connectivity index (χ1n) is 3.96. The second kappa shape index (κ2) is 4.32. The van der Waals surface area contributed by atoms with Gasteiger partial charge in [-0.15, -0.1) is 0 Å². The molecule has 0 heterocycles. The summed E-state index contributed by atoms with van der Waals surface area (Å²) in [6.07, 6.45) is -4.48. The van der Waals surface area contributed by atoms with E-state index in [0.717, 1.165) is 6.07 Å². The van der Waals surface area contributed by atoms with E-state index >= 15 is 0 Å². The number of alkyl halides is 3. The molecular weight excluding hydrogens is 275 g/mol. The molecular formula is C9H7BrF3NO. The first kappa shape index (κ1) is 12.2. The van der Waals surface area contributed by atoms with Crippen molar-refractivity contribution in [2.24, 2.45) is 5.73 Å². The van der Waals surface area contributed by atoms with Crippen molar-refractivity contribution in [3.63, 3.8) is 0 Å². The number of nitrogens with two attached hydrogens (primary N) is 1. The molecule has 0 aromatic heterocycles. The van der Waals surface area contributed by atoms with Gasteiger partial charge in [-0.2, -0.15) is 13.2 Å². The summed E-state index contributed by atoms with van der Waals surface area (Å²) in [6, 6.07) is 3.28. The lowest BCUT2D eigenvalue weighted by molar-refractivity contribution is -0.138. The molecule has 0 aliphatic carbocycles. The smallest absolute Gasteiger partial charge is 0.324 e. The third kappa shape index (κ3) is 2.79. The van der Waals surface area contributed by atoms with E-state index in [1.165, 1.54) is 12.1 Å². The van der Waals surface area contributed by atoms with Gasteiger partial charge in [0.2, 0.25) is 0 Å². The molecule has 0 saturated carbocycles. The molecule has 6 heteroatoms. The van der Waals surface area contributed by atoms with E-state index in [-0.39, 0.29) is 16.6 Å². The summed E-state index contributed by atoms with van der Waals surface area (Å²) in [4.78, 5) is 11.1. The van der Waals surface area contributed by atoms with Crippen LogP contribution in [0.25, 0.3) is 0 Å². The Morgan fingerprint density at radius 2 is 2.00 bits per heavy atom. The van der Waals surface area contributed by atoms with Crippen molar-refractivity contribution < 1.29 is 18.0 Å². The highest BCUT2D eigenvalue weighted by atomic mass is 79.9. The Morgan fingerprint density at radius 3 is 2.47 bits per heavy atom. The van der Waals surface area contributed by atoms with Gasteiger partial charge in [0.05, 0.1) is 12.1 Å². The lowest BCUT2D eigenvalue weighted by Crippen LogP contribution is -2.15. The zero-order chi connectivity index (χ0) is 11.6. The van der Waals surface area contributed by atoms with Crippen LogP contribution in [0, 0.1) is 0 Å². The molecule has 0 unspecified atom stereocenters. The van der Waals surface area contributed by atoms with Crippen LogP contribution in [0.2, 0.25) is 0 Å². The highest BCUT2D eigenvalue weighted by molar-refractivity contribution is 9.10. The average molecular weight is 282 g/mol. The number of carbonyl (C=O) groups is 1. The maximum absolute atomic E-state index is 12.4.